The van der Waals surface area contributed by atoms with Crippen LogP contribution in [0.2, 0.25) is 0 Å². The number of urea groups is 1. The Morgan fingerprint density at radius 2 is 1.86 bits per heavy atom. The normalized spacial score (nSPS) is 20.9. The molecule has 1 aromatic rings. The Morgan fingerprint density at radius 3 is 2.43 bits per heavy atom. The van der Waals surface area contributed by atoms with Gasteiger partial charge in [0.05, 0.1) is 20.8 Å². The van der Waals surface area contributed by atoms with Crippen molar-refractivity contribution in [2.75, 3.05) is 33.9 Å². The van der Waals surface area contributed by atoms with Gasteiger partial charge in [-0.05, 0) is 49.1 Å². The molecular formula is C20H29N3O5. The maximum absolute atomic E-state index is 12.7. The van der Waals surface area contributed by atoms with E-state index in [0.29, 0.717) is 31.1 Å². The summed E-state index contributed by atoms with van der Waals surface area (Å²) in [5.41, 5.74) is 2.25. The lowest BCUT2D eigenvalue weighted by Crippen LogP contribution is -2.57. The molecule has 0 aromatic heterocycles. The number of carbonyl (C=O) groups is 2. The van der Waals surface area contributed by atoms with Gasteiger partial charge in [0.15, 0.2) is 11.5 Å². The number of nitrogens with one attached hydrogen (secondary N) is 1. The van der Waals surface area contributed by atoms with Crippen molar-refractivity contribution in [2.45, 2.75) is 44.8 Å². The SMILES string of the molecule is CCN(CC(=O)O)C1CC(NC(=O)N2CCc3cc(OC)c(OC)cc3C2)C1. The number of likely N-dealkylation sites (N-methyl/N-ethyl adjacent to an activating group) is 1. The molecule has 2 N–H and O–H groups in total. The first kappa shape index (κ1) is 20.3. The summed E-state index contributed by atoms with van der Waals surface area (Å²) in [6, 6.07) is 4.20. The number of aliphatic carboxylic acids is 1. The van der Waals surface area contributed by atoms with Crippen LogP contribution in [0.3, 0.4) is 0 Å². The Hall–Kier alpha value is -2.48. The lowest BCUT2D eigenvalue weighted by Gasteiger charge is -2.43. The number of carboxylic acid groups (broad SMARTS) is 1. The van der Waals surface area contributed by atoms with Crippen LogP contribution in [-0.4, -0.2) is 72.8 Å². The topological polar surface area (TPSA) is 91.3 Å². The van der Waals surface area contributed by atoms with Crippen molar-refractivity contribution in [3.8, 4) is 11.5 Å². The summed E-state index contributed by atoms with van der Waals surface area (Å²) in [5.74, 6) is 0.568. The van der Waals surface area contributed by atoms with Gasteiger partial charge in [0.25, 0.3) is 0 Å². The van der Waals surface area contributed by atoms with Crippen molar-refractivity contribution < 1.29 is 24.2 Å². The Kier molecular flexibility index (Phi) is 6.28. The minimum Gasteiger partial charge on any atom is -0.493 e. The van der Waals surface area contributed by atoms with Gasteiger partial charge >= 0.3 is 12.0 Å². The van der Waals surface area contributed by atoms with Crippen LogP contribution in [0.1, 0.15) is 30.9 Å². The van der Waals surface area contributed by atoms with Gasteiger partial charge in [-0.2, -0.15) is 0 Å². The van der Waals surface area contributed by atoms with E-state index in [0.717, 1.165) is 24.8 Å². The summed E-state index contributed by atoms with van der Waals surface area (Å²) in [6.45, 7) is 3.91. The standard InChI is InChI=1S/C20H29N3O5/c1-4-22(12-19(24)25)16-9-15(10-16)21-20(26)23-6-5-13-7-17(27-2)18(28-3)8-14(13)11-23/h7-8,15-16H,4-6,9-12H2,1-3H3,(H,21,26)(H,24,25). The van der Waals surface area contributed by atoms with Gasteiger partial charge in [0.1, 0.15) is 0 Å². The fraction of sp³-hybridized carbons (Fsp3) is 0.600. The van der Waals surface area contributed by atoms with E-state index in [-0.39, 0.29) is 24.7 Å². The van der Waals surface area contributed by atoms with Gasteiger partial charge in [0.2, 0.25) is 0 Å². The van der Waals surface area contributed by atoms with Crippen molar-refractivity contribution in [3.63, 3.8) is 0 Å². The third kappa shape index (κ3) is 4.32. The number of ether oxygens (including phenoxy) is 2. The second-order valence-corrected chi connectivity index (χ2v) is 7.38. The van der Waals surface area contributed by atoms with Gasteiger partial charge in [-0.15, -0.1) is 0 Å². The number of benzene rings is 1. The molecule has 1 fully saturated rings. The smallest absolute Gasteiger partial charge is 0.317 e. The van der Waals surface area contributed by atoms with Crippen LogP contribution in [0.5, 0.6) is 11.5 Å². The monoisotopic (exact) mass is 391 g/mol. The fourth-order valence-corrected chi connectivity index (χ4v) is 4.00. The predicted octanol–water partition coefficient (Wildman–Crippen LogP) is 1.71. The van der Waals surface area contributed by atoms with Crippen molar-refractivity contribution in [1.82, 2.24) is 15.1 Å². The molecule has 0 bridgehead atoms. The molecule has 0 atom stereocenters. The summed E-state index contributed by atoms with van der Waals surface area (Å²) in [5, 5.41) is 12.1. The molecule has 28 heavy (non-hydrogen) atoms. The summed E-state index contributed by atoms with van der Waals surface area (Å²) >= 11 is 0. The predicted molar refractivity (Wildman–Crippen MR) is 104 cm³/mol. The second-order valence-electron chi connectivity index (χ2n) is 7.38. The van der Waals surface area contributed by atoms with Crippen molar-refractivity contribution >= 4 is 12.0 Å². The Morgan fingerprint density at radius 1 is 1.21 bits per heavy atom. The zero-order valence-electron chi connectivity index (χ0n) is 16.7. The molecule has 2 amide bonds. The van der Waals surface area contributed by atoms with E-state index in [2.05, 4.69) is 5.32 Å². The molecule has 0 radical (unpaired) electrons. The van der Waals surface area contributed by atoms with Gasteiger partial charge in [-0.1, -0.05) is 6.92 Å². The summed E-state index contributed by atoms with van der Waals surface area (Å²) in [6.07, 6.45) is 2.36. The summed E-state index contributed by atoms with van der Waals surface area (Å²) in [4.78, 5) is 27.4. The minimum atomic E-state index is -0.812. The van der Waals surface area contributed by atoms with Crippen molar-refractivity contribution in [1.29, 1.82) is 0 Å². The Bertz CT molecular complexity index is 733. The molecule has 8 heteroatoms. The highest BCUT2D eigenvalue weighted by atomic mass is 16.5. The molecule has 0 unspecified atom stereocenters. The molecule has 2 aliphatic rings. The average molecular weight is 391 g/mol. The van der Waals surface area contributed by atoms with Crippen molar-refractivity contribution in [2.24, 2.45) is 0 Å². The highest BCUT2D eigenvalue weighted by molar-refractivity contribution is 5.75. The van der Waals surface area contributed by atoms with Crippen LogP contribution in [0.15, 0.2) is 12.1 Å². The van der Waals surface area contributed by atoms with Gasteiger partial charge < -0.3 is 24.8 Å². The zero-order valence-corrected chi connectivity index (χ0v) is 16.7. The minimum absolute atomic E-state index is 0.0516. The quantitative estimate of drug-likeness (QED) is 0.735. The first-order chi connectivity index (χ1) is 13.4. The zero-order chi connectivity index (χ0) is 20.3. The number of amides is 2. The third-order valence-corrected chi connectivity index (χ3v) is 5.71. The molecule has 1 aliphatic carbocycles. The summed E-state index contributed by atoms with van der Waals surface area (Å²) in [7, 11) is 3.23. The van der Waals surface area contributed by atoms with Crippen LogP contribution < -0.4 is 14.8 Å². The highest BCUT2D eigenvalue weighted by Crippen LogP contribution is 2.33. The number of carboxylic acids is 1. The van der Waals surface area contributed by atoms with Crippen LogP contribution >= 0.6 is 0 Å². The molecule has 1 saturated carbocycles. The van der Waals surface area contributed by atoms with E-state index in [1.54, 1.807) is 14.2 Å². The highest BCUT2D eigenvalue weighted by Gasteiger charge is 2.35. The molecule has 0 spiro atoms. The molecule has 1 heterocycles. The number of rotatable bonds is 7. The Labute approximate surface area is 165 Å². The molecule has 154 valence electrons. The number of methoxy groups -OCH3 is 2. The first-order valence-electron chi connectivity index (χ1n) is 9.70. The molecule has 0 saturated heterocycles. The van der Waals surface area contributed by atoms with Gasteiger partial charge in [-0.3, -0.25) is 9.69 Å². The molecule has 3 rings (SSSR count). The van der Waals surface area contributed by atoms with Crippen LogP contribution in [0.25, 0.3) is 0 Å². The van der Waals surface area contributed by atoms with E-state index in [1.165, 1.54) is 5.56 Å². The first-order valence-corrected chi connectivity index (χ1v) is 9.70. The van der Waals surface area contributed by atoms with Crippen LogP contribution in [0, 0.1) is 0 Å². The lowest BCUT2D eigenvalue weighted by molar-refractivity contribution is -0.139. The van der Waals surface area contributed by atoms with E-state index in [4.69, 9.17) is 14.6 Å². The largest absolute Gasteiger partial charge is 0.493 e. The number of nitrogens with zero attached hydrogens (tertiary/aromatic N) is 2. The average Bonchev–Trinajstić information content (AvgIpc) is 2.66. The molecule has 1 aliphatic heterocycles. The fourth-order valence-electron chi connectivity index (χ4n) is 4.00. The Balaban J connectivity index is 1.54. The summed E-state index contributed by atoms with van der Waals surface area (Å²) < 4.78 is 10.7. The van der Waals surface area contributed by atoms with Gasteiger partial charge in [-0.25, -0.2) is 4.79 Å². The number of carbonyl (C=O) groups excluding carboxylic acids is 1. The number of fused-ring (bicyclic) bond motifs is 1. The molecule has 1 aromatic carbocycles. The molecule has 8 nitrogen and oxygen atoms in total. The molecular weight excluding hydrogens is 362 g/mol. The lowest BCUT2D eigenvalue weighted by atomic mass is 9.85. The maximum atomic E-state index is 12.7. The maximum Gasteiger partial charge on any atom is 0.317 e. The number of hydrogen-bond donors (Lipinski definition) is 2. The van der Waals surface area contributed by atoms with E-state index < -0.39 is 5.97 Å². The number of hydrogen-bond acceptors (Lipinski definition) is 5. The van der Waals surface area contributed by atoms with Crippen LogP contribution in [0.4, 0.5) is 4.79 Å². The van der Waals surface area contributed by atoms with E-state index in [9.17, 15) is 9.59 Å². The van der Waals surface area contributed by atoms with E-state index in [1.807, 2.05) is 28.9 Å². The van der Waals surface area contributed by atoms with Crippen LogP contribution in [-0.2, 0) is 17.8 Å². The van der Waals surface area contributed by atoms with Crippen molar-refractivity contribution in [3.05, 3.63) is 23.3 Å². The van der Waals surface area contributed by atoms with E-state index >= 15 is 0 Å². The second kappa shape index (κ2) is 8.68. The third-order valence-electron chi connectivity index (χ3n) is 5.71. The van der Waals surface area contributed by atoms with Gasteiger partial charge in [0, 0.05) is 25.2 Å².